The molecule has 0 aliphatic carbocycles. The quantitative estimate of drug-likeness (QED) is 0.870. The summed E-state index contributed by atoms with van der Waals surface area (Å²) in [5.41, 5.74) is 5.37. The van der Waals surface area contributed by atoms with Crippen LogP contribution in [0, 0.1) is 0 Å². The summed E-state index contributed by atoms with van der Waals surface area (Å²) >= 11 is 5.77. The van der Waals surface area contributed by atoms with Crippen molar-refractivity contribution in [2.75, 3.05) is 20.7 Å². The molecular weight excluding hydrogens is 244 g/mol. The summed E-state index contributed by atoms with van der Waals surface area (Å²) in [6.07, 6.45) is 0. The van der Waals surface area contributed by atoms with Gasteiger partial charge in [-0.3, -0.25) is 9.59 Å². The van der Waals surface area contributed by atoms with Crippen LogP contribution in [0.25, 0.3) is 0 Å². The van der Waals surface area contributed by atoms with Gasteiger partial charge in [0.2, 0.25) is 0 Å². The Bertz CT molecular complexity index is 446. The molecule has 0 aliphatic rings. The van der Waals surface area contributed by atoms with Crippen LogP contribution in [-0.2, 0) is 4.79 Å². The second-order valence-corrected chi connectivity index (χ2v) is 4.02. The normalized spacial score (nSPS) is 9.82. The number of ether oxygens (including phenoxy) is 1. The molecule has 6 heteroatoms. The van der Waals surface area contributed by atoms with Crippen molar-refractivity contribution in [2.24, 2.45) is 5.73 Å². The van der Waals surface area contributed by atoms with E-state index in [4.69, 9.17) is 22.1 Å². The van der Waals surface area contributed by atoms with E-state index in [1.807, 2.05) is 0 Å². The highest BCUT2D eigenvalue weighted by Crippen LogP contribution is 2.23. The second kappa shape index (κ2) is 5.54. The van der Waals surface area contributed by atoms with Crippen molar-refractivity contribution in [1.82, 2.24) is 4.90 Å². The molecule has 0 unspecified atom stereocenters. The van der Waals surface area contributed by atoms with Crippen molar-refractivity contribution in [2.45, 2.75) is 0 Å². The maximum atomic E-state index is 11.3. The first-order chi connectivity index (χ1) is 7.91. The summed E-state index contributed by atoms with van der Waals surface area (Å²) < 4.78 is 5.23. The average Bonchev–Trinajstić information content (AvgIpc) is 2.25. The Labute approximate surface area is 104 Å². The number of halogens is 1. The molecule has 0 atom stereocenters. The molecule has 0 bridgehead atoms. The summed E-state index contributed by atoms with van der Waals surface area (Å²) in [5.74, 6) is -0.644. The highest BCUT2D eigenvalue weighted by molar-refractivity contribution is 6.30. The van der Waals surface area contributed by atoms with Crippen LogP contribution in [0.2, 0.25) is 5.02 Å². The van der Waals surface area contributed by atoms with Crippen molar-refractivity contribution in [3.05, 3.63) is 28.8 Å². The van der Waals surface area contributed by atoms with Gasteiger partial charge in [-0.2, -0.15) is 0 Å². The number of carbonyl (C=O) groups excluding carboxylic acids is 2. The number of likely N-dealkylation sites (N-methyl/N-ethyl adjacent to an activating group) is 1. The van der Waals surface area contributed by atoms with Gasteiger partial charge >= 0.3 is 0 Å². The molecule has 0 saturated carbocycles. The Morgan fingerprint density at radius 2 is 2.06 bits per heavy atom. The molecule has 2 amide bonds. The number of carbonyl (C=O) groups is 2. The SMILES string of the molecule is CN(C)C(=O)COc1cc(Cl)ccc1C(N)=O. The summed E-state index contributed by atoms with van der Waals surface area (Å²) in [6, 6.07) is 4.44. The molecule has 5 nitrogen and oxygen atoms in total. The Hall–Kier alpha value is -1.75. The fourth-order valence-corrected chi connectivity index (χ4v) is 1.25. The monoisotopic (exact) mass is 256 g/mol. The van der Waals surface area contributed by atoms with Crippen molar-refractivity contribution in [3.8, 4) is 5.75 Å². The van der Waals surface area contributed by atoms with Crippen LogP contribution in [0.1, 0.15) is 10.4 Å². The molecule has 1 rings (SSSR count). The largest absolute Gasteiger partial charge is 0.483 e. The molecule has 0 radical (unpaired) electrons. The van der Waals surface area contributed by atoms with Crippen LogP contribution in [0.15, 0.2) is 18.2 Å². The van der Waals surface area contributed by atoms with Gasteiger partial charge < -0.3 is 15.4 Å². The lowest BCUT2D eigenvalue weighted by Crippen LogP contribution is -2.28. The molecule has 1 aromatic carbocycles. The molecule has 0 aliphatic heterocycles. The predicted octanol–water partition coefficient (Wildman–Crippen LogP) is 0.906. The van der Waals surface area contributed by atoms with Crippen LogP contribution in [0.4, 0.5) is 0 Å². The fourth-order valence-electron chi connectivity index (χ4n) is 1.09. The van der Waals surface area contributed by atoms with E-state index in [0.717, 1.165) is 0 Å². The minimum absolute atomic E-state index is 0.173. The molecule has 17 heavy (non-hydrogen) atoms. The highest BCUT2D eigenvalue weighted by Gasteiger charge is 2.12. The minimum atomic E-state index is -0.631. The second-order valence-electron chi connectivity index (χ2n) is 3.58. The third-order valence-corrected chi connectivity index (χ3v) is 2.29. The van der Waals surface area contributed by atoms with E-state index in [0.29, 0.717) is 5.02 Å². The van der Waals surface area contributed by atoms with Gasteiger partial charge in [0.25, 0.3) is 11.8 Å². The first-order valence-electron chi connectivity index (χ1n) is 4.84. The fraction of sp³-hybridized carbons (Fsp3) is 0.273. The maximum absolute atomic E-state index is 11.3. The van der Waals surface area contributed by atoms with Crippen molar-refractivity contribution >= 4 is 23.4 Å². The Morgan fingerprint density at radius 1 is 1.41 bits per heavy atom. The lowest BCUT2D eigenvalue weighted by Gasteiger charge is -2.13. The molecule has 2 N–H and O–H groups in total. The van der Waals surface area contributed by atoms with Crippen LogP contribution >= 0.6 is 11.6 Å². The first kappa shape index (κ1) is 13.3. The molecule has 0 spiro atoms. The Morgan fingerprint density at radius 3 is 2.59 bits per heavy atom. The van der Waals surface area contributed by atoms with Crippen molar-refractivity contribution in [3.63, 3.8) is 0 Å². The van der Waals surface area contributed by atoms with Gasteiger partial charge in [-0.1, -0.05) is 11.6 Å². The molecule has 92 valence electrons. The van der Waals surface area contributed by atoms with Crippen LogP contribution in [0.5, 0.6) is 5.75 Å². The zero-order valence-corrected chi connectivity index (χ0v) is 10.3. The van der Waals surface area contributed by atoms with Crippen LogP contribution in [-0.4, -0.2) is 37.4 Å². The van der Waals surface area contributed by atoms with Crippen molar-refractivity contribution < 1.29 is 14.3 Å². The third kappa shape index (κ3) is 3.64. The first-order valence-corrected chi connectivity index (χ1v) is 5.22. The van der Waals surface area contributed by atoms with E-state index < -0.39 is 5.91 Å². The molecular formula is C11H13ClN2O3. The van der Waals surface area contributed by atoms with Gasteiger partial charge in [-0.25, -0.2) is 0 Å². The number of nitrogens with zero attached hydrogens (tertiary/aromatic N) is 1. The number of primary amides is 1. The van der Waals surface area contributed by atoms with E-state index in [1.54, 1.807) is 14.1 Å². The lowest BCUT2D eigenvalue weighted by molar-refractivity contribution is -0.130. The standard InChI is InChI=1S/C11H13ClN2O3/c1-14(2)10(15)6-17-9-5-7(12)3-4-8(9)11(13)16/h3-5H,6H2,1-2H3,(H2,13,16). The number of benzene rings is 1. The minimum Gasteiger partial charge on any atom is -0.483 e. The molecule has 1 aromatic rings. The molecule has 0 aromatic heterocycles. The van der Waals surface area contributed by atoms with Gasteiger partial charge in [0.05, 0.1) is 5.56 Å². The number of amides is 2. The summed E-state index contributed by atoms with van der Waals surface area (Å²) in [6.45, 7) is -0.173. The van der Waals surface area contributed by atoms with Gasteiger partial charge in [-0.15, -0.1) is 0 Å². The van der Waals surface area contributed by atoms with Crippen LogP contribution in [0.3, 0.4) is 0 Å². The molecule has 0 heterocycles. The summed E-state index contributed by atoms with van der Waals surface area (Å²) in [5, 5.41) is 0.405. The Balaban J connectivity index is 2.86. The average molecular weight is 257 g/mol. The van der Waals surface area contributed by atoms with Gasteiger partial charge in [0.15, 0.2) is 6.61 Å². The van der Waals surface area contributed by atoms with Crippen LogP contribution < -0.4 is 10.5 Å². The maximum Gasteiger partial charge on any atom is 0.259 e. The van der Waals surface area contributed by atoms with Gasteiger partial charge in [0, 0.05) is 19.1 Å². The topological polar surface area (TPSA) is 72.6 Å². The van der Waals surface area contributed by atoms with E-state index in [2.05, 4.69) is 0 Å². The summed E-state index contributed by atoms with van der Waals surface area (Å²) in [4.78, 5) is 23.8. The van der Waals surface area contributed by atoms with E-state index in [-0.39, 0.29) is 23.8 Å². The third-order valence-electron chi connectivity index (χ3n) is 2.06. The number of hydrogen-bond donors (Lipinski definition) is 1. The zero-order chi connectivity index (χ0) is 13.0. The Kier molecular flexibility index (Phi) is 4.34. The number of nitrogens with two attached hydrogens (primary N) is 1. The molecule has 0 fully saturated rings. The van der Waals surface area contributed by atoms with Gasteiger partial charge in [0.1, 0.15) is 5.75 Å². The number of hydrogen-bond acceptors (Lipinski definition) is 3. The predicted molar refractivity (Wildman–Crippen MR) is 64.2 cm³/mol. The summed E-state index contributed by atoms with van der Waals surface area (Å²) in [7, 11) is 3.22. The lowest BCUT2D eigenvalue weighted by atomic mass is 10.2. The smallest absolute Gasteiger partial charge is 0.259 e. The number of rotatable bonds is 4. The molecule has 0 saturated heterocycles. The zero-order valence-electron chi connectivity index (χ0n) is 9.57. The van der Waals surface area contributed by atoms with E-state index in [1.165, 1.54) is 23.1 Å². The van der Waals surface area contributed by atoms with Crippen molar-refractivity contribution in [1.29, 1.82) is 0 Å². The highest BCUT2D eigenvalue weighted by atomic mass is 35.5. The van der Waals surface area contributed by atoms with E-state index in [9.17, 15) is 9.59 Å². The van der Waals surface area contributed by atoms with Gasteiger partial charge in [-0.05, 0) is 18.2 Å². The van der Waals surface area contributed by atoms with E-state index >= 15 is 0 Å².